The fourth-order valence-electron chi connectivity index (χ4n) is 3.42. The third kappa shape index (κ3) is 3.04. The Kier molecular flexibility index (Phi) is 4.62. The summed E-state index contributed by atoms with van der Waals surface area (Å²) in [6.07, 6.45) is 6.65. The van der Waals surface area contributed by atoms with Gasteiger partial charge in [-0.1, -0.05) is 12.8 Å². The Morgan fingerprint density at radius 2 is 1.94 bits per heavy atom. The van der Waals surface area contributed by atoms with Gasteiger partial charge >= 0.3 is 0 Å². The monoisotopic (exact) mass is 253 g/mol. The molecule has 1 aliphatic carbocycles. The molecule has 3 atom stereocenters. The zero-order valence-corrected chi connectivity index (χ0v) is 11.8. The molecule has 1 heterocycles. The van der Waals surface area contributed by atoms with Crippen molar-refractivity contribution < 1.29 is 4.79 Å². The van der Waals surface area contributed by atoms with E-state index in [1.54, 1.807) is 0 Å². The number of amides is 1. The van der Waals surface area contributed by atoms with E-state index in [2.05, 4.69) is 23.9 Å². The minimum atomic E-state index is 0.0847. The molecule has 1 saturated heterocycles. The van der Waals surface area contributed by atoms with E-state index >= 15 is 0 Å². The Morgan fingerprint density at radius 3 is 2.61 bits per heavy atom. The number of likely N-dealkylation sites (tertiary alicyclic amines) is 1. The van der Waals surface area contributed by atoms with E-state index < -0.39 is 0 Å². The van der Waals surface area contributed by atoms with Crippen LogP contribution in [-0.4, -0.2) is 55.0 Å². The highest BCUT2D eigenvalue weighted by Crippen LogP contribution is 2.28. The van der Waals surface area contributed by atoms with Gasteiger partial charge in [0.05, 0.1) is 5.92 Å². The lowest BCUT2D eigenvalue weighted by atomic mass is 9.84. The zero-order chi connectivity index (χ0) is 13.1. The van der Waals surface area contributed by atoms with E-state index in [-0.39, 0.29) is 12.0 Å². The van der Waals surface area contributed by atoms with E-state index in [1.807, 2.05) is 0 Å². The normalized spacial score (nSPS) is 33.1. The van der Waals surface area contributed by atoms with Crippen LogP contribution in [0.5, 0.6) is 0 Å². The summed E-state index contributed by atoms with van der Waals surface area (Å²) in [6.45, 7) is 1.91. The molecule has 2 rings (SSSR count). The van der Waals surface area contributed by atoms with Crippen LogP contribution in [0, 0.1) is 5.92 Å². The Morgan fingerprint density at radius 1 is 1.22 bits per heavy atom. The van der Waals surface area contributed by atoms with E-state index in [4.69, 9.17) is 5.73 Å². The molecular formula is C14H27N3O. The minimum Gasteiger partial charge on any atom is -0.338 e. The number of hydrogen-bond donors (Lipinski definition) is 1. The number of hydrogen-bond acceptors (Lipinski definition) is 3. The second kappa shape index (κ2) is 6.02. The van der Waals surface area contributed by atoms with Crippen molar-refractivity contribution in [3.8, 4) is 0 Å². The average molecular weight is 253 g/mol. The minimum absolute atomic E-state index is 0.0847. The van der Waals surface area contributed by atoms with Gasteiger partial charge < -0.3 is 15.5 Å². The van der Waals surface area contributed by atoms with E-state index in [9.17, 15) is 4.79 Å². The van der Waals surface area contributed by atoms with E-state index in [0.717, 1.165) is 45.2 Å². The van der Waals surface area contributed by atoms with Crippen LogP contribution in [0.1, 0.15) is 38.5 Å². The van der Waals surface area contributed by atoms with Gasteiger partial charge in [0, 0.05) is 25.2 Å². The lowest BCUT2D eigenvalue weighted by molar-refractivity contribution is -0.138. The fourth-order valence-corrected chi connectivity index (χ4v) is 3.42. The van der Waals surface area contributed by atoms with Crippen LogP contribution in [0.3, 0.4) is 0 Å². The maximum absolute atomic E-state index is 12.6. The van der Waals surface area contributed by atoms with Gasteiger partial charge in [0.25, 0.3) is 0 Å². The molecule has 1 saturated carbocycles. The van der Waals surface area contributed by atoms with Crippen molar-refractivity contribution in [2.75, 3.05) is 27.2 Å². The SMILES string of the molecule is CN(C)CC1CCCN1C(=O)C1CCCCC1N. The zero-order valence-electron chi connectivity index (χ0n) is 11.8. The second-order valence-electron chi connectivity index (χ2n) is 6.14. The molecule has 3 unspecified atom stereocenters. The summed E-state index contributed by atoms with van der Waals surface area (Å²) in [5.41, 5.74) is 6.14. The van der Waals surface area contributed by atoms with Crippen molar-refractivity contribution in [1.82, 2.24) is 9.80 Å². The molecular weight excluding hydrogens is 226 g/mol. The van der Waals surface area contributed by atoms with Crippen LogP contribution in [0.2, 0.25) is 0 Å². The van der Waals surface area contributed by atoms with Gasteiger partial charge in [0.1, 0.15) is 0 Å². The van der Waals surface area contributed by atoms with Crippen molar-refractivity contribution in [1.29, 1.82) is 0 Å². The Hall–Kier alpha value is -0.610. The third-order valence-corrected chi connectivity index (χ3v) is 4.37. The van der Waals surface area contributed by atoms with Crippen LogP contribution in [0.25, 0.3) is 0 Å². The van der Waals surface area contributed by atoms with Crippen molar-refractivity contribution in [2.45, 2.75) is 50.6 Å². The first-order valence-corrected chi connectivity index (χ1v) is 7.30. The summed E-state index contributed by atoms with van der Waals surface area (Å²) in [4.78, 5) is 16.9. The number of nitrogens with two attached hydrogens (primary N) is 1. The van der Waals surface area contributed by atoms with E-state index in [0.29, 0.717) is 11.9 Å². The smallest absolute Gasteiger partial charge is 0.227 e. The Balaban J connectivity index is 1.98. The molecule has 2 N–H and O–H groups in total. The lowest BCUT2D eigenvalue weighted by Crippen LogP contribution is -2.49. The highest BCUT2D eigenvalue weighted by Gasteiger charge is 2.36. The van der Waals surface area contributed by atoms with Crippen LogP contribution < -0.4 is 5.73 Å². The molecule has 1 amide bonds. The van der Waals surface area contributed by atoms with Gasteiger partial charge in [-0.05, 0) is 39.8 Å². The molecule has 0 aromatic heterocycles. The van der Waals surface area contributed by atoms with E-state index in [1.165, 1.54) is 6.42 Å². The molecule has 2 aliphatic rings. The van der Waals surface area contributed by atoms with Gasteiger partial charge in [0.2, 0.25) is 5.91 Å². The molecule has 104 valence electrons. The third-order valence-electron chi connectivity index (χ3n) is 4.37. The van der Waals surface area contributed by atoms with Crippen molar-refractivity contribution in [3.05, 3.63) is 0 Å². The summed E-state index contributed by atoms with van der Waals surface area (Å²) < 4.78 is 0. The first-order valence-electron chi connectivity index (χ1n) is 7.30. The van der Waals surface area contributed by atoms with Crippen LogP contribution >= 0.6 is 0 Å². The first-order chi connectivity index (χ1) is 8.59. The molecule has 4 nitrogen and oxygen atoms in total. The predicted molar refractivity (Wildman–Crippen MR) is 73.2 cm³/mol. The van der Waals surface area contributed by atoms with Gasteiger partial charge in [-0.2, -0.15) is 0 Å². The number of carbonyl (C=O) groups excluding carboxylic acids is 1. The second-order valence-corrected chi connectivity index (χ2v) is 6.14. The number of likely N-dealkylation sites (N-methyl/N-ethyl adjacent to an activating group) is 1. The van der Waals surface area contributed by atoms with Crippen LogP contribution in [-0.2, 0) is 4.79 Å². The Labute approximate surface area is 110 Å². The summed E-state index contributed by atoms with van der Waals surface area (Å²) in [6, 6.07) is 0.494. The maximum Gasteiger partial charge on any atom is 0.227 e. The summed E-state index contributed by atoms with van der Waals surface area (Å²) in [5, 5.41) is 0. The van der Waals surface area contributed by atoms with Crippen LogP contribution in [0.15, 0.2) is 0 Å². The summed E-state index contributed by atoms with van der Waals surface area (Å²) >= 11 is 0. The van der Waals surface area contributed by atoms with Crippen molar-refractivity contribution >= 4 is 5.91 Å². The predicted octanol–water partition coefficient (Wildman–Crippen LogP) is 1.06. The quantitative estimate of drug-likeness (QED) is 0.818. The highest BCUT2D eigenvalue weighted by atomic mass is 16.2. The van der Waals surface area contributed by atoms with Gasteiger partial charge in [-0.3, -0.25) is 4.79 Å². The molecule has 0 radical (unpaired) electrons. The van der Waals surface area contributed by atoms with Crippen molar-refractivity contribution in [3.63, 3.8) is 0 Å². The first kappa shape index (κ1) is 13.8. The average Bonchev–Trinajstić information content (AvgIpc) is 2.76. The van der Waals surface area contributed by atoms with Crippen LogP contribution in [0.4, 0.5) is 0 Å². The highest BCUT2D eigenvalue weighted by molar-refractivity contribution is 5.80. The number of nitrogens with zero attached hydrogens (tertiary/aromatic N) is 2. The lowest BCUT2D eigenvalue weighted by Gasteiger charge is -2.34. The molecule has 0 spiro atoms. The standard InChI is InChI=1S/C14H27N3O/c1-16(2)10-11-6-5-9-17(11)14(18)12-7-3-4-8-13(12)15/h11-13H,3-10,15H2,1-2H3. The van der Waals surface area contributed by atoms with Gasteiger partial charge in [-0.15, -0.1) is 0 Å². The summed E-state index contributed by atoms with van der Waals surface area (Å²) in [5.74, 6) is 0.410. The molecule has 1 aliphatic heterocycles. The number of rotatable bonds is 3. The number of carbonyl (C=O) groups is 1. The van der Waals surface area contributed by atoms with Crippen molar-refractivity contribution in [2.24, 2.45) is 11.7 Å². The van der Waals surface area contributed by atoms with Gasteiger partial charge in [0.15, 0.2) is 0 Å². The largest absolute Gasteiger partial charge is 0.338 e. The molecule has 18 heavy (non-hydrogen) atoms. The van der Waals surface area contributed by atoms with Gasteiger partial charge in [-0.25, -0.2) is 0 Å². The Bertz CT molecular complexity index is 293. The topological polar surface area (TPSA) is 49.6 Å². The molecule has 0 aromatic rings. The molecule has 2 fully saturated rings. The molecule has 0 bridgehead atoms. The molecule has 0 aromatic carbocycles. The molecule has 4 heteroatoms. The summed E-state index contributed by atoms with van der Waals surface area (Å²) in [7, 11) is 4.15. The maximum atomic E-state index is 12.6. The fraction of sp³-hybridized carbons (Fsp3) is 0.929.